The molecule has 0 saturated heterocycles. The zero-order valence-corrected chi connectivity index (χ0v) is 17.4. The topological polar surface area (TPSA) is 97.1 Å². The van der Waals surface area contributed by atoms with E-state index in [-0.39, 0.29) is 24.4 Å². The molecule has 4 rings (SSSR count). The van der Waals surface area contributed by atoms with Crippen LogP contribution in [0.1, 0.15) is 86.4 Å². The van der Waals surface area contributed by atoms with Crippen LogP contribution in [0.15, 0.2) is 28.8 Å². The number of carbonyl (C=O) groups excluding carboxylic acids is 2. The van der Waals surface area contributed by atoms with Gasteiger partial charge in [-0.25, -0.2) is 0 Å². The average Bonchev–Trinajstić information content (AvgIpc) is 3.41. The lowest BCUT2D eigenvalue weighted by Gasteiger charge is -2.16. The summed E-state index contributed by atoms with van der Waals surface area (Å²) in [5.41, 5.74) is 1.31. The molecule has 0 radical (unpaired) electrons. The van der Waals surface area contributed by atoms with Crippen LogP contribution >= 0.6 is 0 Å². The number of carbonyl (C=O) groups is 2. The number of hydrogen-bond donors (Lipinski definition) is 2. The van der Waals surface area contributed by atoms with Gasteiger partial charge in [-0.05, 0) is 37.8 Å². The van der Waals surface area contributed by atoms with Gasteiger partial charge in [0.1, 0.15) is 0 Å². The summed E-state index contributed by atoms with van der Waals surface area (Å²) in [6.45, 7) is -0.00727. The highest BCUT2D eigenvalue weighted by Crippen LogP contribution is 2.33. The van der Waals surface area contributed by atoms with E-state index in [1.165, 1.54) is 25.7 Å². The highest BCUT2D eigenvalue weighted by molar-refractivity contribution is 5.96. The van der Waals surface area contributed by atoms with Crippen molar-refractivity contribution in [1.29, 1.82) is 0 Å². The molecular formula is C23H30N4O3. The lowest BCUT2D eigenvalue weighted by molar-refractivity contribution is -0.120. The number of amides is 2. The Morgan fingerprint density at radius 2 is 1.60 bits per heavy atom. The van der Waals surface area contributed by atoms with Crippen molar-refractivity contribution in [3.05, 3.63) is 35.7 Å². The molecule has 2 N–H and O–H groups in total. The Labute approximate surface area is 177 Å². The minimum absolute atomic E-state index is 0.00727. The van der Waals surface area contributed by atoms with Crippen LogP contribution in [0.3, 0.4) is 0 Å². The molecule has 1 aromatic carbocycles. The predicted octanol–water partition coefficient (Wildman–Crippen LogP) is 3.96. The van der Waals surface area contributed by atoms with Crippen LogP contribution in [-0.4, -0.2) is 34.5 Å². The smallest absolute Gasteiger partial charge is 0.251 e. The van der Waals surface area contributed by atoms with Gasteiger partial charge in [0, 0.05) is 23.1 Å². The molecule has 2 amide bonds. The van der Waals surface area contributed by atoms with Crippen LogP contribution < -0.4 is 10.6 Å². The average molecular weight is 411 g/mol. The first kappa shape index (κ1) is 20.6. The number of nitrogens with one attached hydrogen (secondary N) is 2. The van der Waals surface area contributed by atoms with Crippen molar-refractivity contribution in [3.63, 3.8) is 0 Å². The highest BCUT2D eigenvalue weighted by atomic mass is 16.5. The lowest BCUT2D eigenvalue weighted by Crippen LogP contribution is -2.41. The molecule has 30 heavy (non-hydrogen) atoms. The summed E-state index contributed by atoms with van der Waals surface area (Å²) in [5, 5.41) is 9.83. The molecule has 7 nitrogen and oxygen atoms in total. The van der Waals surface area contributed by atoms with E-state index in [1.807, 2.05) is 12.1 Å². The van der Waals surface area contributed by atoms with Crippen molar-refractivity contribution in [3.8, 4) is 11.4 Å². The molecule has 0 bridgehead atoms. The van der Waals surface area contributed by atoms with Gasteiger partial charge in [-0.3, -0.25) is 9.59 Å². The second-order valence-corrected chi connectivity index (χ2v) is 8.45. The number of nitrogens with zero attached hydrogens (tertiary/aromatic N) is 2. The lowest BCUT2D eigenvalue weighted by atomic mass is 10.1. The Morgan fingerprint density at radius 3 is 2.30 bits per heavy atom. The molecule has 1 heterocycles. The van der Waals surface area contributed by atoms with Crippen molar-refractivity contribution in [2.45, 2.75) is 76.2 Å². The molecule has 2 fully saturated rings. The van der Waals surface area contributed by atoms with Gasteiger partial charge in [0.25, 0.3) is 5.91 Å². The van der Waals surface area contributed by atoms with E-state index in [2.05, 4.69) is 20.8 Å². The van der Waals surface area contributed by atoms with Crippen molar-refractivity contribution in [1.82, 2.24) is 20.8 Å². The van der Waals surface area contributed by atoms with E-state index in [9.17, 15) is 9.59 Å². The fraction of sp³-hybridized carbons (Fsp3) is 0.565. The minimum Gasteiger partial charge on any atom is -0.352 e. The third-order valence-corrected chi connectivity index (χ3v) is 6.18. The van der Waals surface area contributed by atoms with Crippen LogP contribution in [0.5, 0.6) is 0 Å². The van der Waals surface area contributed by atoms with Crippen molar-refractivity contribution in [2.75, 3.05) is 6.54 Å². The fourth-order valence-electron chi connectivity index (χ4n) is 4.43. The first-order chi connectivity index (χ1) is 14.7. The molecule has 2 aliphatic carbocycles. The third-order valence-electron chi connectivity index (χ3n) is 6.18. The predicted molar refractivity (Wildman–Crippen MR) is 113 cm³/mol. The zero-order chi connectivity index (χ0) is 20.8. The number of rotatable bonds is 6. The number of hydrogen-bond acceptors (Lipinski definition) is 5. The molecule has 2 aromatic rings. The van der Waals surface area contributed by atoms with Gasteiger partial charge in [-0.1, -0.05) is 55.8 Å². The normalized spacial score (nSPS) is 18.1. The molecule has 160 valence electrons. The quantitative estimate of drug-likeness (QED) is 0.703. The number of benzene rings is 1. The minimum atomic E-state index is -0.266. The second kappa shape index (κ2) is 9.87. The van der Waals surface area contributed by atoms with Crippen LogP contribution in [0.2, 0.25) is 0 Å². The summed E-state index contributed by atoms with van der Waals surface area (Å²) in [7, 11) is 0. The molecule has 0 atom stereocenters. The first-order valence-corrected chi connectivity index (χ1v) is 11.2. The van der Waals surface area contributed by atoms with Crippen LogP contribution in [-0.2, 0) is 4.79 Å². The van der Waals surface area contributed by atoms with Gasteiger partial charge >= 0.3 is 0 Å². The van der Waals surface area contributed by atoms with E-state index < -0.39 is 0 Å². The summed E-state index contributed by atoms with van der Waals surface area (Å²) >= 11 is 0. The highest BCUT2D eigenvalue weighted by Gasteiger charge is 2.23. The number of aromatic nitrogens is 2. The standard InChI is InChI=1S/C23H30N4O3/c28-20(25-19-9-3-1-2-4-10-19)15-24-22(29)17-13-11-16(12-14-17)21-26-23(30-27-21)18-7-5-6-8-18/h11-14,18-19H,1-10,15H2,(H,24,29)(H,25,28). The third kappa shape index (κ3) is 5.26. The second-order valence-electron chi connectivity index (χ2n) is 8.45. The maximum Gasteiger partial charge on any atom is 0.251 e. The molecule has 7 heteroatoms. The van der Waals surface area contributed by atoms with Gasteiger partial charge in [0.2, 0.25) is 17.6 Å². The molecule has 2 aliphatic rings. The SMILES string of the molecule is O=C(CNC(=O)c1ccc(-c2noc(C3CCCC3)n2)cc1)NC1CCCCCC1. The van der Waals surface area contributed by atoms with E-state index in [0.717, 1.165) is 44.1 Å². The summed E-state index contributed by atoms with van der Waals surface area (Å²) in [6.07, 6.45) is 11.5. The Balaban J connectivity index is 1.28. The maximum atomic E-state index is 12.4. The molecule has 0 unspecified atom stereocenters. The molecule has 2 saturated carbocycles. The van der Waals surface area contributed by atoms with Crippen molar-refractivity contribution >= 4 is 11.8 Å². The van der Waals surface area contributed by atoms with Crippen molar-refractivity contribution < 1.29 is 14.1 Å². The largest absolute Gasteiger partial charge is 0.352 e. The molecule has 1 aromatic heterocycles. The van der Waals surface area contributed by atoms with E-state index >= 15 is 0 Å². The summed E-state index contributed by atoms with van der Waals surface area (Å²) in [5.74, 6) is 1.24. The van der Waals surface area contributed by atoms with Gasteiger partial charge in [-0.15, -0.1) is 0 Å². The molecule has 0 aliphatic heterocycles. The summed E-state index contributed by atoms with van der Waals surface area (Å²) in [6, 6.07) is 7.30. The molecule has 0 spiro atoms. The van der Waals surface area contributed by atoms with E-state index in [4.69, 9.17) is 4.52 Å². The zero-order valence-electron chi connectivity index (χ0n) is 17.4. The summed E-state index contributed by atoms with van der Waals surface area (Å²) < 4.78 is 5.43. The van der Waals surface area contributed by atoms with Gasteiger partial charge < -0.3 is 15.2 Å². The van der Waals surface area contributed by atoms with E-state index in [0.29, 0.717) is 23.2 Å². The maximum absolute atomic E-state index is 12.4. The van der Waals surface area contributed by atoms with Gasteiger partial charge in [-0.2, -0.15) is 4.98 Å². The first-order valence-electron chi connectivity index (χ1n) is 11.2. The van der Waals surface area contributed by atoms with Crippen molar-refractivity contribution in [2.24, 2.45) is 0 Å². The van der Waals surface area contributed by atoms with Gasteiger partial charge in [0.05, 0.1) is 6.54 Å². The Hall–Kier alpha value is -2.70. The Bertz CT molecular complexity index is 848. The molecular weight excluding hydrogens is 380 g/mol. The van der Waals surface area contributed by atoms with E-state index in [1.54, 1.807) is 12.1 Å². The van der Waals surface area contributed by atoms with Crippen LogP contribution in [0.25, 0.3) is 11.4 Å². The Morgan fingerprint density at radius 1 is 0.933 bits per heavy atom. The van der Waals surface area contributed by atoms with Crippen LogP contribution in [0, 0.1) is 0 Å². The Kier molecular flexibility index (Phi) is 6.77. The van der Waals surface area contributed by atoms with Gasteiger partial charge in [0.15, 0.2) is 0 Å². The fourth-order valence-corrected chi connectivity index (χ4v) is 4.43. The monoisotopic (exact) mass is 410 g/mol. The van der Waals surface area contributed by atoms with Crippen LogP contribution in [0.4, 0.5) is 0 Å². The summed E-state index contributed by atoms with van der Waals surface area (Å²) in [4.78, 5) is 29.1.